The second-order valence-corrected chi connectivity index (χ2v) is 6.37. The minimum Gasteiger partial charge on any atom is -0.497 e. The summed E-state index contributed by atoms with van der Waals surface area (Å²) in [4.78, 5) is 13.9. The number of carbonyl (C=O) groups excluding carboxylic acids is 1. The van der Waals surface area contributed by atoms with Gasteiger partial charge in [0.1, 0.15) is 12.3 Å². The summed E-state index contributed by atoms with van der Waals surface area (Å²) in [5.74, 6) is 0.607. The molecule has 0 saturated carbocycles. The van der Waals surface area contributed by atoms with Gasteiger partial charge in [0.25, 0.3) is 5.91 Å². The van der Waals surface area contributed by atoms with E-state index in [0.717, 1.165) is 12.1 Å². The van der Waals surface area contributed by atoms with E-state index >= 15 is 0 Å². The molecule has 0 radical (unpaired) electrons. The molecule has 1 aliphatic rings. The Hall–Kier alpha value is -2.33. The number of ether oxygens (including phenoxy) is 1. The first kappa shape index (κ1) is 16.5. The first-order valence-electron chi connectivity index (χ1n) is 8.58. The van der Waals surface area contributed by atoms with E-state index in [0.29, 0.717) is 17.9 Å². The first-order chi connectivity index (χ1) is 11.7. The van der Waals surface area contributed by atoms with Gasteiger partial charge in [-0.3, -0.25) is 4.79 Å². The van der Waals surface area contributed by atoms with Crippen molar-refractivity contribution in [1.29, 1.82) is 0 Å². The van der Waals surface area contributed by atoms with Gasteiger partial charge in [0.15, 0.2) is 0 Å². The Labute approximate surface area is 143 Å². The van der Waals surface area contributed by atoms with Gasteiger partial charge >= 0.3 is 0 Å². The molecular weight excluding hydrogens is 300 g/mol. The zero-order valence-electron chi connectivity index (χ0n) is 14.2. The zero-order chi connectivity index (χ0) is 16.8. The Morgan fingerprint density at radius 2 is 1.79 bits per heavy atom. The number of likely N-dealkylation sites (tertiary alicyclic amines) is 1. The van der Waals surface area contributed by atoms with E-state index in [4.69, 9.17) is 4.74 Å². The van der Waals surface area contributed by atoms with E-state index in [1.54, 1.807) is 24.1 Å². The fourth-order valence-electron chi connectivity index (χ4n) is 3.16. The average molecular weight is 325 g/mol. The highest BCUT2D eigenvalue weighted by atomic mass is 16.5. The molecule has 2 N–H and O–H groups in total. The standard InChI is InChI=1S/C20H24N2O2/c1-24-19-6-4-5-18(13-19)20(23)21-14-16-7-9-17(10-8-16)15-22-11-2-3-12-22/h4-10,13H,2-3,11-12,14-15H2,1H3,(H,21,23)/p+1. The van der Waals surface area contributed by atoms with Crippen molar-refractivity contribution < 1.29 is 14.4 Å². The van der Waals surface area contributed by atoms with Crippen LogP contribution in [-0.4, -0.2) is 26.1 Å². The summed E-state index contributed by atoms with van der Waals surface area (Å²) in [5.41, 5.74) is 3.10. The van der Waals surface area contributed by atoms with Gasteiger partial charge in [-0.25, -0.2) is 0 Å². The van der Waals surface area contributed by atoms with E-state index in [1.165, 1.54) is 31.5 Å². The quantitative estimate of drug-likeness (QED) is 0.850. The molecule has 2 aromatic rings. The Kier molecular flexibility index (Phi) is 5.49. The van der Waals surface area contributed by atoms with Crippen molar-refractivity contribution in [3.8, 4) is 5.75 Å². The third-order valence-electron chi connectivity index (χ3n) is 4.57. The predicted molar refractivity (Wildman–Crippen MR) is 94.2 cm³/mol. The summed E-state index contributed by atoms with van der Waals surface area (Å²) < 4.78 is 5.15. The van der Waals surface area contributed by atoms with Crippen molar-refractivity contribution >= 4 is 5.91 Å². The molecule has 3 rings (SSSR count). The lowest BCUT2D eigenvalue weighted by atomic mass is 10.1. The van der Waals surface area contributed by atoms with Crippen LogP contribution in [0.2, 0.25) is 0 Å². The van der Waals surface area contributed by atoms with Crippen LogP contribution in [-0.2, 0) is 13.1 Å². The van der Waals surface area contributed by atoms with Crippen molar-refractivity contribution in [3.63, 3.8) is 0 Å². The fraction of sp³-hybridized carbons (Fsp3) is 0.350. The van der Waals surface area contributed by atoms with Crippen molar-refractivity contribution in [1.82, 2.24) is 5.32 Å². The Bertz CT molecular complexity index is 676. The third-order valence-corrected chi connectivity index (χ3v) is 4.57. The molecule has 1 saturated heterocycles. The Balaban J connectivity index is 1.53. The van der Waals surface area contributed by atoms with Gasteiger partial charge in [0.2, 0.25) is 0 Å². The number of nitrogens with one attached hydrogen (secondary N) is 2. The number of amides is 1. The van der Waals surface area contributed by atoms with Gasteiger partial charge in [-0.1, -0.05) is 30.3 Å². The minimum atomic E-state index is -0.0838. The number of rotatable bonds is 6. The van der Waals surface area contributed by atoms with Gasteiger partial charge in [-0.2, -0.15) is 0 Å². The van der Waals surface area contributed by atoms with Gasteiger partial charge in [-0.05, 0) is 23.8 Å². The summed E-state index contributed by atoms with van der Waals surface area (Å²) >= 11 is 0. The number of quaternary nitrogens is 1. The van der Waals surface area contributed by atoms with Crippen LogP contribution in [0.1, 0.15) is 34.3 Å². The van der Waals surface area contributed by atoms with Gasteiger partial charge in [-0.15, -0.1) is 0 Å². The SMILES string of the molecule is COc1cccc(C(=O)NCc2ccc(C[NH+]3CCCC3)cc2)c1. The molecular formula is C20H25N2O2+. The fourth-order valence-corrected chi connectivity index (χ4v) is 3.16. The molecule has 1 amide bonds. The molecule has 0 unspecified atom stereocenters. The van der Waals surface area contributed by atoms with E-state index in [9.17, 15) is 4.79 Å². The lowest BCUT2D eigenvalue weighted by molar-refractivity contribution is -0.901. The van der Waals surface area contributed by atoms with Gasteiger partial charge in [0.05, 0.1) is 20.2 Å². The molecule has 4 heteroatoms. The smallest absolute Gasteiger partial charge is 0.251 e. The summed E-state index contributed by atoms with van der Waals surface area (Å²) in [5, 5.41) is 2.96. The second-order valence-electron chi connectivity index (χ2n) is 6.37. The van der Waals surface area contributed by atoms with Crippen molar-refractivity contribution in [2.75, 3.05) is 20.2 Å². The minimum absolute atomic E-state index is 0.0838. The van der Waals surface area contributed by atoms with Crippen LogP contribution in [0.25, 0.3) is 0 Å². The largest absolute Gasteiger partial charge is 0.497 e. The second kappa shape index (κ2) is 7.97. The maximum atomic E-state index is 12.2. The summed E-state index contributed by atoms with van der Waals surface area (Å²) in [6.07, 6.45) is 2.70. The molecule has 1 fully saturated rings. The van der Waals surface area contributed by atoms with E-state index in [1.807, 2.05) is 12.1 Å². The molecule has 0 atom stereocenters. The number of methoxy groups -OCH3 is 1. The lowest BCUT2D eigenvalue weighted by Crippen LogP contribution is -3.08. The van der Waals surface area contributed by atoms with Crippen molar-refractivity contribution in [2.24, 2.45) is 0 Å². The molecule has 1 heterocycles. The molecule has 126 valence electrons. The van der Waals surface area contributed by atoms with E-state index in [2.05, 4.69) is 29.6 Å². The molecule has 0 aromatic heterocycles. The zero-order valence-corrected chi connectivity index (χ0v) is 14.2. The van der Waals surface area contributed by atoms with Crippen molar-refractivity contribution in [2.45, 2.75) is 25.9 Å². The molecule has 0 bridgehead atoms. The Morgan fingerprint density at radius 3 is 2.50 bits per heavy atom. The molecule has 24 heavy (non-hydrogen) atoms. The number of hydrogen-bond acceptors (Lipinski definition) is 2. The van der Waals surface area contributed by atoms with Crippen LogP contribution >= 0.6 is 0 Å². The van der Waals surface area contributed by atoms with Crippen LogP contribution in [0.4, 0.5) is 0 Å². The predicted octanol–water partition coefficient (Wildman–Crippen LogP) is 1.80. The number of hydrogen-bond donors (Lipinski definition) is 2. The van der Waals surface area contributed by atoms with Gasteiger partial charge in [0, 0.05) is 30.5 Å². The summed E-state index contributed by atoms with van der Waals surface area (Å²) in [6, 6.07) is 15.8. The van der Waals surface area contributed by atoms with Crippen LogP contribution in [0.5, 0.6) is 5.75 Å². The molecule has 0 spiro atoms. The first-order valence-corrected chi connectivity index (χ1v) is 8.58. The topological polar surface area (TPSA) is 42.8 Å². The highest BCUT2D eigenvalue weighted by molar-refractivity contribution is 5.94. The average Bonchev–Trinajstić information content (AvgIpc) is 3.14. The molecule has 2 aromatic carbocycles. The van der Waals surface area contributed by atoms with Crippen LogP contribution in [0.3, 0.4) is 0 Å². The molecule has 0 aliphatic carbocycles. The summed E-state index contributed by atoms with van der Waals surface area (Å²) in [6.45, 7) is 4.22. The molecule has 4 nitrogen and oxygen atoms in total. The van der Waals surface area contributed by atoms with E-state index in [-0.39, 0.29) is 5.91 Å². The lowest BCUT2D eigenvalue weighted by Gasteiger charge is -2.12. The normalized spacial score (nSPS) is 14.5. The van der Waals surface area contributed by atoms with Crippen LogP contribution in [0, 0.1) is 0 Å². The van der Waals surface area contributed by atoms with Crippen LogP contribution < -0.4 is 15.0 Å². The number of benzene rings is 2. The highest BCUT2D eigenvalue weighted by Gasteiger charge is 2.15. The third kappa shape index (κ3) is 4.36. The summed E-state index contributed by atoms with van der Waals surface area (Å²) in [7, 11) is 1.60. The van der Waals surface area contributed by atoms with E-state index < -0.39 is 0 Å². The molecule has 1 aliphatic heterocycles. The Morgan fingerprint density at radius 1 is 1.08 bits per heavy atom. The monoisotopic (exact) mass is 325 g/mol. The maximum absolute atomic E-state index is 12.2. The number of carbonyl (C=O) groups is 1. The highest BCUT2D eigenvalue weighted by Crippen LogP contribution is 2.12. The van der Waals surface area contributed by atoms with Gasteiger partial charge < -0.3 is 15.0 Å². The maximum Gasteiger partial charge on any atom is 0.251 e. The van der Waals surface area contributed by atoms with Crippen LogP contribution in [0.15, 0.2) is 48.5 Å². The van der Waals surface area contributed by atoms with Crippen molar-refractivity contribution in [3.05, 3.63) is 65.2 Å².